The molecule has 0 heterocycles. The van der Waals surface area contributed by atoms with Crippen molar-refractivity contribution >= 4 is 40.7 Å². The van der Waals surface area contributed by atoms with E-state index in [0.29, 0.717) is 45.8 Å². The number of methoxy groups -OCH3 is 2. The summed E-state index contributed by atoms with van der Waals surface area (Å²) in [4.78, 5) is 26.8. The summed E-state index contributed by atoms with van der Waals surface area (Å²) in [5, 5.41) is 3.50. The highest BCUT2D eigenvalue weighted by atomic mass is 35.5. The lowest BCUT2D eigenvalue weighted by Gasteiger charge is -2.22. The van der Waals surface area contributed by atoms with Crippen molar-refractivity contribution in [1.82, 2.24) is 4.90 Å². The van der Waals surface area contributed by atoms with Crippen LogP contribution in [0.1, 0.15) is 23.7 Å². The van der Waals surface area contributed by atoms with Gasteiger partial charge in [-0.15, -0.1) is 0 Å². The molecule has 0 aromatic heterocycles. The minimum Gasteiger partial charge on any atom is -0.493 e. The number of anilines is 1. The van der Waals surface area contributed by atoms with Crippen molar-refractivity contribution in [3.05, 3.63) is 52.0 Å². The van der Waals surface area contributed by atoms with Gasteiger partial charge in [-0.1, -0.05) is 30.1 Å². The second-order valence-corrected chi connectivity index (χ2v) is 6.81. The maximum absolute atomic E-state index is 12.9. The number of hydrogen-bond acceptors (Lipinski definition) is 4. The Bertz CT molecular complexity index is 858. The van der Waals surface area contributed by atoms with E-state index in [4.69, 9.17) is 32.7 Å². The Hall–Kier alpha value is -2.44. The number of amides is 2. The van der Waals surface area contributed by atoms with Crippen LogP contribution in [0.25, 0.3) is 0 Å². The average Bonchev–Trinajstić information content (AvgIpc) is 2.68. The Kier molecular flexibility index (Phi) is 7.96. The second-order valence-electron chi connectivity index (χ2n) is 5.97. The van der Waals surface area contributed by atoms with Crippen molar-refractivity contribution in [2.45, 2.75) is 13.3 Å². The van der Waals surface area contributed by atoms with Gasteiger partial charge in [-0.05, 0) is 42.8 Å². The fraction of sp³-hybridized carbons (Fsp3) is 0.300. The van der Waals surface area contributed by atoms with Crippen LogP contribution in [0.4, 0.5) is 5.69 Å². The monoisotopic (exact) mass is 424 g/mol. The number of ether oxygens (including phenoxy) is 2. The smallest absolute Gasteiger partial charge is 0.254 e. The summed E-state index contributed by atoms with van der Waals surface area (Å²) in [6.07, 6.45) is 0.702. The fourth-order valence-corrected chi connectivity index (χ4v) is 3.08. The third-order valence-electron chi connectivity index (χ3n) is 3.95. The van der Waals surface area contributed by atoms with Crippen molar-refractivity contribution in [2.24, 2.45) is 0 Å². The first-order valence-electron chi connectivity index (χ1n) is 8.65. The molecule has 1 N–H and O–H groups in total. The molecule has 0 aliphatic rings. The molecule has 28 heavy (non-hydrogen) atoms. The lowest BCUT2D eigenvalue weighted by Crippen LogP contribution is -2.38. The Morgan fingerprint density at radius 2 is 1.75 bits per heavy atom. The summed E-state index contributed by atoms with van der Waals surface area (Å²) in [7, 11) is 3.02. The lowest BCUT2D eigenvalue weighted by molar-refractivity contribution is -0.116. The number of hydrogen-bond donors (Lipinski definition) is 1. The Morgan fingerprint density at radius 1 is 1.04 bits per heavy atom. The minimum atomic E-state index is -0.355. The number of halogens is 2. The maximum Gasteiger partial charge on any atom is 0.254 e. The molecule has 6 nitrogen and oxygen atoms in total. The number of carbonyl (C=O) groups excluding carboxylic acids is 2. The van der Waals surface area contributed by atoms with Crippen LogP contribution in [0, 0.1) is 0 Å². The van der Waals surface area contributed by atoms with Gasteiger partial charge in [-0.25, -0.2) is 0 Å². The lowest BCUT2D eigenvalue weighted by atomic mass is 10.1. The van der Waals surface area contributed by atoms with Crippen molar-refractivity contribution < 1.29 is 19.1 Å². The molecule has 8 heteroatoms. The summed E-state index contributed by atoms with van der Waals surface area (Å²) in [5.41, 5.74) is 0.842. The first kappa shape index (κ1) is 21.9. The minimum absolute atomic E-state index is 0.111. The first-order valence-corrected chi connectivity index (χ1v) is 9.41. The summed E-state index contributed by atoms with van der Waals surface area (Å²) in [6.45, 7) is 2.25. The van der Waals surface area contributed by atoms with Crippen molar-refractivity contribution in [3.8, 4) is 11.5 Å². The molecule has 0 radical (unpaired) electrons. The highest BCUT2D eigenvalue weighted by molar-refractivity contribution is 6.36. The number of benzene rings is 2. The second kappa shape index (κ2) is 10.2. The maximum atomic E-state index is 12.9. The van der Waals surface area contributed by atoms with Gasteiger partial charge in [0, 0.05) is 17.1 Å². The third-order valence-corrected chi connectivity index (χ3v) is 4.50. The van der Waals surface area contributed by atoms with Gasteiger partial charge in [0.25, 0.3) is 5.91 Å². The molecule has 2 aromatic rings. The van der Waals surface area contributed by atoms with E-state index in [9.17, 15) is 9.59 Å². The first-order chi connectivity index (χ1) is 13.4. The standard InChI is InChI=1S/C20H22Cl2N2O4/c1-4-9-24(12-19(25)23-16-7-6-14(21)11-15(16)22)20(26)13-5-8-17(27-2)18(10-13)28-3/h5-8,10-11H,4,9,12H2,1-3H3,(H,23,25). The molecule has 0 bridgehead atoms. The molecule has 0 atom stereocenters. The zero-order chi connectivity index (χ0) is 20.7. The molecule has 150 valence electrons. The van der Waals surface area contributed by atoms with E-state index in [-0.39, 0.29) is 18.4 Å². The topological polar surface area (TPSA) is 67.9 Å². The molecule has 0 saturated carbocycles. The van der Waals surface area contributed by atoms with E-state index < -0.39 is 0 Å². The van der Waals surface area contributed by atoms with Crippen LogP contribution in [0.2, 0.25) is 10.0 Å². The predicted molar refractivity (Wildman–Crippen MR) is 111 cm³/mol. The van der Waals surface area contributed by atoms with Crippen LogP contribution in [-0.4, -0.2) is 44.0 Å². The van der Waals surface area contributed by atoms with Gasteiger partial charge >= 0.3 is 0 Å². The molecule has 2 rings (SSSR count). The van der Waals surface area contributed by atoms with Crippen LogP contribution >= 0.6 is 23.2 Å². The zero-order valence-electron chi connectivity index (χ0n) is 15.9. The molecule has 2 aromatic carbocycles. The van der Waals surface area contributed by atoms with E-state index in [0.717, 1.165) is 0 Å². The highest BCUT2D eigenvalue weighted by Gasteiger charge is 2.20. The van der Waals surface area contributed by atoms with Gasteiger partial charge in [0.1, 0.15) is 6.54 Å². The van der Waals surface area contributed by atoms with Gasteiger partial charge in [-0.2, -0.15) is 0 Å². The van der Waals surface area contributed by atoms with E-state index in [2.05, 4.69) is 5.32 Å². The average molecular weight is 425 g/mol. The number of rotatable bonds is 8. The third kappa shape index (κ3) is 5.53. The van der Waals surface area contributed by atoms with Crippen molar-refractivity contribution in [1.29, 1.82) is 0 Å². The number of nitrogens with one attached hydrogen (secondary N) is 1. The van der Waals surface area contributed by atoms with E-state index >= 15 is 0 Å². The van der Waals surface area contributed by atoms with Crippen molar-refractivity contribution in [2.75, 3.05) is 32.6 Å². The van der Waals surface area contributed by atoms with Crippen LogP contribution < -0.4 is 14.8 Å². The summed E-state index contributed by atoms with van der Waals surface area (Å²) < 4.78 is 10.4. The molecule has 0 spiro atoms. The van der Waals surface area contributed by atoms with Crippen LogP contribution in [0.5, 0.6) is 11.5 Å². The summed E-state index contributed by atoms with van der Waals surface area (Å²) in [6, 6.07) is 9.67. The van der Waals surface area contributed by atoms with Gasteiger partial charge in [0.05, 0.1) is 24.9 Å². The Labute approximate surface area is 174 Å². The highest BCUT2D eigenvalue weighted by Crippen LogP contribution is 2.28. The Balaban J connectivity index is 2.15. The molecule has 2 amide bonds. The van der Waals surface area contributed by atoms with Crippen LogP contribution in [-0.2, 0) is 4.79 Å². The van der Waals surface area contributed by atoms with Gasteiger partial charge in [-0.3, -0.25) is 9.59 Å². The van der Waals surface area contributed by atoms with Crippen LogP contribution in [0.3, 0.4) is 0 Å². The quantitative estimate of drug-likeness (QED) is 0.676. The molecule has 0 saturated heterocycles. The molecule has 0 aliphatic heterocycles. The SMILES string of the molecule is CCCN(CC(=O)Nc1ccc(Cl)cc1Cl)C(=O)c1ccc(OC)c(OC)c1. The molecular weight excluding hydrogens is 403 g/mol. The predicted octanol–water partition coefficient (Wildman–Crippen LogP) is 4.50. The number of nitrogens with zero attached hydrogens (tertiary/aromatic N) is 1. The zero-order valence-corrected chi connectivity index (χ0v) is 17.4. The molecule has 0 unspecified atom stereocenters. The summed E-state index contributed by atoms with van der Waals surface area (Å²) >= 11 is 12.0. The van der Waals surface area contributed by atoms with Gasteiger partial charge < -0.3 is 19.7 Å². The molecule has 0 aliphatic carbocycles. The van der Waals surface area contributed by atoms with E-state index in [1.54, 1.807) is 30.3 Å². The molecule has 0 fully saturated rings. The van der Waals surface area contributed by atoms with E-state index in [1.165, 1.54) is 25.2 Å². The fourth-order valence-electron chi connectivity index (χ4n) is 2.63. The Morgan fingerprint density at radius 3 is 2.36 bits per heavy atom. The normalized spacial score (nSPS) is 10.3. The largest absolute Gasteiger partial charge is 0.493 e. The van der Waals surface area contributed by atoms with Gasteiger partial charge in [0.15, 0.2) is 11.5 Å². The van der Waals surface area contributed by atoms with Crippen molar-refractivity contribution in [3.63, 3.8) is 0 Å². The summed E-state index contributed by atoms with van der Waals surface area (Å²) in [5.74, 6) is 0.338. The number of carbonyl (C=O) groups is 2. The van der Waals surface area contributed by atoms with Crippen LogP contribution in [0.15, 0.2) is 36.4 Å². The van der Waals surface area contributed by atoms with Gasteiger partial charge in [0.2, 0.25) is 5.91 Å². The molecular formula is C20H22Cl2N2O4. The van der Waals surface area contributed by atoms with E-state index in [1.807, 2.05) is 6.92 Å².